The van der Waals surface area contributed by atoms with Gasteiger partial charge in [-0.2, -0.15) is 5.26 Å². The van der Waals surface area contributed by atoms with Gasteiger partial charge in [0.25, 0.3) is 5.91 Å². The molecule has 1 fully saturated rings. The molecule has 1 heterocycles. The van der Waals surface area contributed by atoms with E-state index in [2.05, 4.69) is 10.6 Å². The highest BCUT2D eigenvalue weighted by Crippen LogP contribution is 2.20. The van der Waals surface area contributed by atoms with Crippen LogP contribution in [0.3, 0.4) is 0 Å². The summed E-state index contributed by atoms with van der Waals surface area (Å²) < 4.78 is 5.19. The van der Waals surface area contributed by atoms with Gasteiger partial charge in [0, 0.05) is 5.69 Å². The molecule has 0 saturated carbocycles. The Balaban J connectivity index is 1.57. The number of urea groups is 1. The lowest BCUT2D eigenvalue weighted by molar-refractivity contribution is -0.125. The van der Waals surface area contributed by atoms with Gasteiger partial charge in [0.2, 0.25) is 5.91 Å². The Morgan fingerprint density at radius 3 is 2.55 bits per heavy atom. The maximum Gasteiger partial charge on any atom is 0.338 e. The molecule has 2 N–H and O–H groups in total. The molecule has 10 heteroatoms. The van der Waals surface area contributed by atoms with Crippen LogP contribution in [-0.2, 0) is 20.9 Å². The Kier molecular flexibility index (Phi) is 6.52. The molecule has 1 aliphatic heterocycles. The Labute approximate surface area is 182 Å². The van der Waals surface area contributed by atoms with Crippen molar-refractivity contribution in [2.24, 2.45) is 0 Å². The molecule has 1 atom stereocenters. The predicted octanol–water partition coefficient (Wildman–Crippen LogP) is 2.45. The van der Waals surface area contributed by atoms with Gasteiger partial charge >= 0.3 is 12.0 Å². The highest BCUT2D eigenvalue weighted by Gasteiger charge is 2.28. The van der Waals surface area contributed by atoms with E-state index in [4.69, 9.17) is 21.6 Å². The largest absolute Gasteiger partial charge is 0.449 e. The van der Waals surface area contributed by atoms with Crippen LogP contribution in [0.15, 0.2) is 42.5 Å². The van der Waals surface area contributed by atoms with Crippen molar-refractivity contribution >= 4 is 41.1 Å². The Bertz CT molecular complexity index is 1080. The monoisotopic (exact) mass is 440 g/mol. The van der Waals surface area contributed by atoms with E-state index in [-0.39, 0.29) is 35.1 Å². The number of halogens is 1. The maximum atomic E-state index is 12.3. The van der Waals surface area contributed by atoms with E-state index in [1.165, 1.54) is 37.3 Å². The van der Waals surface area contributed by atoms with Crippen molar-refractivity contribution in [3.05, 3.63) is 64.2 Å². The average molecular weight is 441 g/mol. The van der Waals surface area contributed by atoms with Gasteiger partial charge in [-0.05, 0) is 42.8 Å². The standard InChI is InChI=1S/C21H17ClN4O5/c1-12(19(28)25-16-7-6-15(9-23)17(22)8-16)31-20(29)14-4-2-13(3-5-14)11-26-18(27)10-24-21(26)30/h2-8,12H,10-11H2,1H3,(H,24,30)(H,25,28)/t12-/m1/s1. The molecule has 2 aromatic rings. The van der Waals surface area contributed by atoms with Crippen LogP contribution in [0.5, 0.6) is 0 Å². The SMILES string of the molecule is C[C@@H](OC(=O)c1ccc(CN2C(=O)CNC2=O)cc1)C(=O)Nc1ccc(C#N)c(Cl)c1. The maximum absolute atomic E-state index is 12.3. The molecule has 0 aliphatic carbocycles. The summed E-state index contributed by atoms with van der Waals surface area (Å²) in [5.74, 6) is -1.59. The lowest BCUT2D eigenvalue weighted by Gasteiger charge is -2.15. The first kappa shape index (κ1) is 21.8. The first-order chi connectivity index (χ1) is 14.8. The summed E-state index contributed by atoms with van der Waals surface area (Å²) in [6.07, 6.45) is -1.09. The van der Waals surface area contributed by atoms with Crippen LogP contribution in [0.1, 0.15) is 28.4 Å². The fraction of sp³-hybridized carbons (Fsp3) is 0.190. The number of hydrogen-bond acceptors (Lipinski definition) is 6. The summed E-state index contributed by atoms with van der Waals surface area (Å²) in [6, 6.07) is 12.0. The molecule has 1 aliphatic rings. The molecule has 31 heavy (non-hydrogen) atoms. The fourth-order valence-electron chi connectivity index (χ4n) is 2.75. The first-order valence-electron chi connectivity index (χ1n) is 9.17. The number of anilines is 1. The first-order valence-corrected chi connectivity index (χ1v) is 9.55. The molecule has 0 bridgehead atoms. The topological polar surface area (TPSA) is 129 Å². The van der Waals surface area contributed by atoms with Gasteiger partial charge in [0.15, 0.2) is 6.10 Å². The summed E-state index contributed by atoms with van der Waals surface area (Å²) in [7, 11) is 0. The molecular formula is C21H17ClN4O5. The van der Waals surface area contributed by atoms with Gasteiger partial charge in [-0.25, -0.2) is 9.59 Å². The van der Waals surface area contributed by atoms with Crippen LogP contribution >= 0.6 is 11.6 Å². The molecule has 2 aromatic carbocycles. The number of nitrogens with one attached hydrogen (secondary N) is 2. The van der Waals surface area contributed by atoms with Crippen molar-refractivity contribution in [2.45, 2.75) is 19.6 Å². The Morgan fingerprint density at radius 1 is 1.26 bits per heavy atom. The third-order valence-corrected chi connectivity index (χ3v) is 4.79. The Hall–Kier alpha value is -3.90. The summed E-state index contributed by atoms with van der Waals surface area (Å²) in [5.41, 5.74) is 1.51. The minimum atomic E-state index is -1.09. The van der Waals surface area contributed by atoms with Crippen molar-refractivity contribution in [1.82, 2.24) is 10.2 Å². The number of carbonyl (C=O) groups excluding carboxylic acids is 4. The third kappa shape index (κ3) is 5.18. The smallest absolute Gasteiger partial charge is 0.338 e. The number of nitrogens with zero attached hydrogens (tertiary/aromatic N) is 2. The summed E-state index contributed by atoms with van der Waals surface area (Å²) in [4.78, 5) is 48.9. The zero-order chi connectivity index (χ0) is 22.5. The van der Waals surface area contributed by atoms with E-state index < -0.39 is 24.0 Å². The zero-order valence-corrected chi connectivity index (χ0v) is 17.1. The van der Waals surface area contributed by atoms with Gasteiger partial charge in [-0.3, -0.25) is 14.5 Å². The van der Waals surface area contributed by atoms with E-state index in [0.717, 1.165) is 4.90 Å². The number of esters is 1. The second kappa shape index (κ2) is 9.28. The van der Waals surface area contributed by atoms with E-state index in [0.29, 0.717) is 11.3 Å². The zero-order valence-electron chi connectivity index (χ0n) is 16.3. The van der Waals surface area contributed by atoms with Crippen molar-refractivity contribution in [3.63, 3.8) is 0 Å². The van der Waals surface area contributed by atoms with Gasteiger partial charge in [-0.15, -0.1) is 0 Å². The van der Waals surface area contributed by atoms with Crippen LogP contribution in [0.4, 0.5) is 10.5 Å². The van der Waals surface area contributed by atoms with Gasteiger partial charge < -0.3 is 15.4 Å². The molecule has 0 radical (unpaired) electrons. The summed E-state index contributed by atoms with van der Waals surface area (Å²) in [6.45, 7) is 1.48. The van der Waals surface area contributed by atoms with Crippen LogP contribution < -0.4 is 10.6 Å². The van der Waals surface area contributed by atoms with Crippen LogP contribution in [0.2, 0.25) is 5.02 Å². The number of benzene rings is 2. The van der Waals surface area contributed by atoms with Crippen molar-refractivity contribution in [3.8, 4) is 6.07 Å². The predicted molar refractivity (Wildman–Crippen MR) is 110 cm³/mol. The highest BCUT2D eigenvalue weighted by atomic mass is 35.5. The van der Waals surface area contributed by atoms with Crippen LogP contribution in [0, 0.1) is 11.3 Å². The van der Waals surface area contributed by atoms with E-state index >= 15 is 0 Å². The van der Waals surface area contributed by atoms with E-state index in [1.54, 1.807) is 12.1 Å². The molecule has 3 rings (SSSR count). The van der Waals surface area contributed by atoms with Gasteiger partial charge in [0.1, 0.15) is 6.07 Å². The van der Waals surface area contributed by atoms with Crippen molar-refractivity contribution in [2.75, 3.05) is 11.9 Å². The van der Waals surface area contributed by atoms with Crippen LogP contribution in [0.25, 0.3) is 0 Å². The number of imide groups is 1. The minimum Gasteiger partial charge on any atom is -0.449 e. The molecule has 0 aromatic heterocycles. The molecule has 1 saturated heterocycles. The number of amides is 4. The third-order valence-electron chi connectivity index (χ3n) is 4.48. The lowest BCUT2D eigenvalue weighted by Crippen LogP contribution is -2.30. The van der Waals surface area contributed by atoms with Gasteiger partial charge in [0.05, 0.1) is 29.2 Å². The molecule has 0 unspecified atom stereocenters. The Morgan fingerprint density at radius 2 is 1.97 bits per heavy atom. The summed E-state index contributed by atoms with van der Waals surface area (Å²) in [5, 5.41) is 14.1. The number of ether oxygens (including phenoxy) is 1. The number of nitriles is 1. The van der Waals surface area contributed by atoms with Crippen molar-refractivity contribution in [1.29, 1.82) is 5.26 Å². The van der Waals surface area contributed by atoms with E-state index in [1.807, 2.05) is 6.07 Å². The second-order valence-corrected chi connectivity index (χ2v) is 7.09. The summed E-state index contributed by atoms with van der Waals surface area (Å²) >= 11 is 5.94. The lowest BCUT2D eigenvalue weighted by atomic mass is 10.1. The minimum absolute atomic E-state index is 0.0299. The van der Waals surface area contributed by atoms with Crippen LogP contribution in [-0.4, -0.2) is 41.4 Å². The molecule has 158 valence electrons. The number of hydrogen-bond donors (Lipinski definition) is 2. The quantitative estimate of drug-likeness (QED) is 0.524. The molecule has 0 spiro atoms. The molecular weight excluding hydrogens is 424 g/mol. The van der Waals surface area contributed by atoms with E-state index in [9.17, 15) is 19.2 Å². The van der Waals surface area contributed by atoms with Crippen molar-refractivity contribution < 1.29 is 23.9 Å². The normalized spacial score (nSPS) is 13.9. The molecule has 9 nitrogen and oxygen atoms in total. The number of rotatable bonds is 6. The fourth-order valence-corrected chi connectivity index (χ4v) is 2.98. The molecule has 4 amide bonds. The van der Waals surface area contributed by atoms with Gasteiger partial charge in [-0.1, -0.05) is 23.7 Å². The second-order valence-electron chi connectivity index (χ2n) is 6.68. The number of carbonyl (C=O) groups is 4. The average Bonchev–Trinajstić information content (AvgIpc) is 3.06. The highest BCUT2D eigenvalue weighted by molar-refractivity contribution is 6.32.